The van der Waals surface area contributed by atoms with Gasteiger partial charge in [-0.05, 0) is 6.42 Å². The molecule has 5 nitrogen and oxygen atoms in total. The largest absolute Gasteiger partial charge is 2.00 e. The Morgan fingerprint density at radius 3 is 2.00 bits per heavy atom. The van der Waals surface area contributed by atoms with Crippen LogP contribution in [0.3, 0.4) is 0 Å². The van der Waals surface area contributed by atoms with Crippen LogP contribution in [0.25, 0.3) is 0 Å². The molecule has 0 bridgehead atoms. The van der Waals surface area contributed by atoms with Crippen LogP contribution in [0.15, 0.2) is 0 Å². The SMILES string of the molecule is CCCCOC(=S)[S-].O=S(=O)([O-])[O-].[Cu+2].[K+]. The van der Waals surface area contributed by atoms with Gasteiger partial charge in [0.25, 0.3) is 0 Å². The van der Waals surface area contributed by atoms with Crippen LogP contribution in [0.1, 0.15) is 19.8 Å². The summed E-state index contributed by atoms with van der Waals surface area (Å²) in [5.41, 5.74) is 0. The van der Waals surface area contributed by atoms with Crippen LogP contribution in [0, 0.1) is 0 Å². The average Bonchev–Trinajstić information content (AvgIpc) is 1.83. The Hall–Kier alpha value is 2.14. The van der Waals surface area contributed by atoms with Crippen molar-refractivity contribution in [2.45, 2.75) is 19.8 Å². The molecule has 0 N–H and O–H groups in total. The van der Waals surface area contributed by atoms with Gasteiger partial charge in [-0.1, -0.05) is 13.3 Å². The second-order valence-electron chi connectivity index (χ2n) is 1.86. The van der Waals surface area contributed by atoms with Crippen LogP contribution in [0.4, 0.5) is 0 Å². The molecule has 0 unspecified atom stereocenters. The Kier molecular flexibility index (Phi) is 27.8. The molecule has 1 radical (unpaired) electrons. The van der Waals surface area contributed by atoms with Gasteiger partial charge in [0, 0.05) is 14.8 Å². The van der Waals surface area contributed by atoms with Crippen molar-refractivity contribution in [1.82, 2.24) is 0 Å². The van der Waals surface area contributed by atoms with Crippen LogP contribution in [0.2, 0.25) is 0 Å². The van der Waals surface area contributed by atoms with Crippen molar-refractivity contribution < 1.29 is 90.7 Å². The van der Waals surface area contributed by atoms with Gasteiger partial charge in [-0.3, -0.25) is 8.42 Å². The van der Waals surface area contributed by atoms with Crippen molar-refractivity contribution >= 4 is 39.6 Å². The molecule has 15 heavy (non-hydrogen) atoms. The molecule has 0 heterocycles. The van der Waals surface area contributed by atoms with Gasteiger partial charge in [-0.25, -0.2) is 0 Å². The van der Waals surface area contributed by atoms with E-state index in [1.54, 1.807) is 0 Å². The summed E-state index contributed by atoms with van der Waals surface area (Å²) in [6.45, 7) is 2.77. The molecule has 0 aliphatic rings. The van der Waals surface area contributed by atoms with E-state index in [4.69, 9.17) is 22.3 Å². The molecular formula is C5H9CuKO5S3. The molecule has 89 valence electrons. The van der Waals surface area contributed by atoms with E-state index < -0.39 is 10.4 Å². The van der Waals surface area contributed by atoms with E-state index in [2.05, 4.69) is 31.8 Å². The fraction of sp³-hybridized carbons (Fsp3) is 0.800. The first kappa shape index (κ1) is 25.9. The minimum atomic E-state index is -5.17. The van der Waals surface area contributed by atoms with Crippen LogP contribution < -0.4 is 51.4 Å². The van der Waals surface area contributed by atoms with Crippen molar-refractivity contribution in [3.8, 4) is 0 Å². The monoisotopic (exact) mass is 347 g/mol. The van der Waals surface area contributed by atoms with Gasteiger partial charge < -0.3 is 38.7 Å². The Morgan fingerprint density at radius 1 is 1.47 bits per heavy atom. The second-order valence-corrected chi connectivity index (χ2v) is 3.68. The zero-order valence-electron chi connectivity index (χ0n) is 8.19. The minimum Gasteiger partial charge on any atom is -0.759 e. The van der Waals surface area contributed by atoms with Crippen LogP contribution in [0.5, 0.6) is 0 Å². The smallest absolute Gasteiger partial charge is 0.759 e. The molecular weight excluding hydrogens is 339 g/mol. The second kappa shape index (κ2) is 16.1. The quantitative estimate of drug-likeness (QED) is 0.137. The molecule has 10 heteroatoms. The normalized spacial score (nSPS) is 8.47. The molecule has 0 rings (SSSR count). The van der Waals surface area contributed by atoms with Crippen molar-refractivity contribution in [3.05, 3.63) is 0 Å². The molecule has 0 atom stereocenters. The maximum absolute atomic E-state index is 8.52. The zero-order valence-corrected chi connectivity index (χ0v) is 14.7. The summed E-state index contributed by atoms with van der Waals surface area (Å²) < 4.78 is 39.1. The van der Waals surface area contributed by atoms with Crippen LogP contribution in [-0.2, 0) is 44.8 Å². The third kappa shape index (κ3) is 63.3. The minimum absolute atomic E-state index is 0. The fourth-order valence-corrected chi connectivity index (χ4v) is 0.467. The molecule has 0 aliphatic heterocycles. The van der Waals surface area contributed by atoms with Gasteiger partial charge >= 0.3 is 68.5 Å². The summed E-state index contributed by atoms with van der Waals surface area (Å²) in [5.74, 6) is 0. The number of ether oxygens (including phenoxy) is 1. The number of hydrogen-bond donors (Lipinski definition) is 0. The zero-order chi connectivity index (χ0) is 10.9. The topological polar surface area (TPSA) is 89.5 Å². The van der Waals surface area contributed by atoms with Crippen molar-refractivity contribution in [2.24, 2.45) is 0 Å². The third-order valence-corrected chi connectivity index (χ3v) is 0.954. The fourth-order valence-electron chi connectivity index (χ4n) is 0.300. The first-order valence-electron chi connectivity index (χ1n) is 3.27. The summed E-state index contributed by atoms with van der Waals surface area (Å²) in [4.78, 5) is 0. The average molecular weight is 348 g/mol. The first-order valence-corrected chi connectivity index (χ1v) is 5.42. The van der Waals surface area contributed by atoms with Gasteiger partial charge in [-0.15, -0.1) is 0 Å². The van der Waals surface area contributed by atoms with Gasteiger partial charge in [0.05, 0.1) is 6.61 Å². The molecule has 0 aromatic heterocycles. The molecule has 0 aliphatic carbocycles. The summed E-state index contributed by atoms with van der Waals surface area (Å²) in [5, 5.41) is 0. The number of unbranched alkanes of at least 4 members (excludes halogenated alkanes) is 1. The molecule has 0 spiro atoms. The predicted octanol–water partition coefficient (Wildman–Crippen LogP) is -2.70. The van der Waals surface area contributed by atoms with Gasteiger partial charge in [0.2, 0.25) is 0 Å². The van der Waals surface area contributed by atoms with E-state index in [0.717, 1.165) is 12.8 Å². The predicted molar refractivity (Wildman–Crippen MR) is 51.3 cm³/mol. The molecule has 0 amide bonds. The van der Waals surface area contributed by atoms with Crippen molar-refractivity contribution in [1.29, 1.82) is 0 Å². The maximum atomic E-state index is 8.52. The van der Waals surface area contributed by atoms with Crippen LogP contribution >= 0.6 is 12.2 Å². The number of rotatable bonds is 3. The Bertz CT molecular complexity index is 225. The standard InChI is InChI=1S/C5H10OS2.Cu.K.H2O4S/c1-2-3-4-6-5(7)8;;;1-5(2,3)4/h2-4H2,1H3,(H,7,8);;;(H2,1,2,3,4)/q;+2;+1;/p-3. The Labute approximate surface area is 154 Å². The maximum Gasteiger partial charge on any atom is 2.00 e. The van der Waals surface area contributed by atoms with Crippen molar-refractivity contribution in [3.63, 3.8) is 0 Å². The van der Waals surface area contributed by atoms with E-state index in [0.29, 0.717) is 6.61 Å². The van der Waals surface area contributed by atoms with E-state index in [-0.39, 0.29) is 72.8 Å². The summed E-state index contributed by atoms with van der Waals surface area (Å²) in [7, 11) is -5.17. The summed E-state index contributed by atoms with van der Waals surface area (Å²) in [6.07, 6.45) is 2.16. The van der Waals surface area contributed by atoms with Crippen molar-refractivity contribution in [2.75, 3.05) is 6.61 Å². The molecule has 0 fully saturated rings. The Morgan fingerprint density at radius 2 is 1.80 bits per heavy atom. The molecule has 0 aromatic carbocycles. The number of thiocarbonyl (C=S) groups is 1. The Balaban J connectivity index is -0.0000000770. The van der Waals surface area contributed by atoms with Gasteiger partial charge in [-0.2, -0.15) is 0 Å². The number of hydrogen-bond acceptors (Lipinski definition) is 7. The molecule has 0 saturated carbocycles. The third-order valence-electron chi connectivity index (χ3n) is 0.718. The summed E-state index contributed by atoms with van der Waals surface area (Å²) >= 11 is 9.00. The van der Waals surface area contributed by atoms with Gasteiger partial charge in [0.1, 0.15) is 0 Å². The summed E-state index contributed by atoms with van der Waals surface area (Å²) in [6, 6.07) is 0. The van der Waals surface area contributed by atoms with Gasteiger partial charge in [0.15, 0.2) is 0 Å². The van der Waals surface area contributed by atoms with E-state index in [9.17, 15) is 0 Å². The van der Waals surface area contributed by atoms with E-state index in [1.807, 2.05) is 0 Å². The van der Waals surface area contributed by atoms with Crippen LogP contribution in [-0.4, -0.2) is 28.5 Å². The van der Waals surface area contributed by atoms with E-state index >= 15 is 0 Å². The first-order chi connectivity index (χ1) is 5.77. The molecule has 0 saturated heterocycles. The molecule has 0 aromatic rings. The van der Waals surface area contributed by atoms with E-state index in [1.165, 1.54) is 0 Å².